The average Bonchev–Trinajstić information content (AvgIpc) is 3.27. The largest absolute Gasteiger partial charge is 0.443 e. The van der Waals surface area contributed by atoms with Gasteiger partial charge in [0.25, 0.3) is 0 Å². The fourth-order valence-electron chi connectivity index (χ4n) is 3.00. The Morgan fingerprint density at radius 2 is 1.67 bits per heavy atom. The van der Waals surface area contributed by atoms with Crippen molar-refractivity contribution in [3.63, 3.8) is 0 Å². The van der Waals surface area contributed by atoms with Gasteiger partial charge in [0, 0.05) is 11.6 Å². The third-order valence-corrected chi connectivity index (χ3v) is 4.70. The Morgan fingerprint density at radius 1 is 1.00 bits per heavy atom. The zero-order valence-electron chi connectivity index (χ0n) is 16.6. The molecule has 0 atom stereocenters. The maximum atomic E-state index is 12.8. The number of pyridine rings is 1. The number of hydrogen-bond donors (Lipinski definition) is 0. The van der Waals surface area contributed by atoms with E-state index in [9.17, 15) is 18.0 Å². The molecular weight excluding hydrogens is 397 g/mol. The third-order valence-electron chi connectivity index (χ3n) is 4.70. The van der Waals surface area contributed by atoms with Crippen LogP contribution in [-0.2, 0) is 18.1 Å². The van der Waals surface area contributed by atoms with Crippen LogP contribution >= 0.6 is 0 Å². The summed E-state index contributed by atoms with van der Waals surface area (Å²) in [7, 11) is 0. The van der Waals surface area contributed by atoms with Crippen molar-refractivity contribution in [1.82, 2.24) is 19.2 Å². The zero-order chi connectivity index (χ0) is 21.7. The van der Waals surface area contributed by atoms with E-state index in [1.807, 2.05) is 20.8 Å². The SMILES string of the molecule is CC(C)(C)c1cnc(Cn2nc3ccc(-c4ccc(C(F)(F)F)cc4)cn3c2=O)o1. The first-order valence-electron chi connectivity index (χ1n) is 9.24. The molecule has 30 heavy (non-hydrogen) atoms. The van der Waals surface area contributed by atoms with Gasteiger partial charge >= 0.3 is 11.9 Å². The van der Waals surface area contributed by atoms with Gasteiger partial charge in [0.1, 0.15) is 12.3 Å². The normalized spacial score (nSPS) is 12.6. The molecule has 0 aliphatic rings. The van der Waals surface area contributed by atoms with Gasteiger partial charge in [0.05, 0.1) is 11.8 Å². The predicted molar refractivity (Wildman–Crippen MR) is 104 cm³/mol. The second kappa shape index (κ2) is 6.86. The van der Waals surface area contributed by atoms with Gasteiger partial charge < -0.3 is 4.42 Å². The fraction of sp³-hybridized carbons (Fsp3) is 0.286. The minimum Gasteiger partial charge on any atom is -0.443 e. The van der Waals surface area contributed by atoms with Crippen molar-refractivity contribution in [2.24, 2.45) is 0 Å². The quantitative estimate of drug-likeness (QED) is 0.493. The van der Waals surface area contributed by atoms with E-state index in [2.05, 4.69) is 10.1 Å². The highest BCUT2D eigenvalue weighted by atomic mass is 19.4. The summed E-state index contributed by atoms with van der Waals surface area (Å²) in [6.45, 7) is 6.07. The van der Waals surface area contributed by atoms with Crippen LogP contribution in [-0.4, -0.2) is 19.2 Å². The second-order valence-electron chi connectivity index (χ2n) is 8.03. The Labute approximate surface area is 169 Å². The minimum absolute atomic E-state index is 0.0756. The van der Waals surface area contributed by atoms with Gasteiger partial charge in [-0.25, -0.2) is 18.9 Å². The van der Waals surface area contributed by atoms with Gasteiger partial charge in [-0.05, 0) is 35.4 Å². The number of benzene rings is 1. The summed E-state index contributed by atoms with van der Waals surface area (Å²) >= 11 is 0. The van der Waals surface area contributed by atoms with E-state index in [1.165, 1.54) is 21.2 Å². The van der Waals surface area contributed by atoms with Crippen LogP contribution in [0.3, 0.4) is 0 Å². The smallest absolute Gasteiger partial charge is 0.416 e. The number of hydrogen-bond acceptors (Lipinski definition) is 4. The van der Waals surface area contributed by atoms with Gasteiger partial charge in [-0.3, -0.25) is 0 Å². The zero-order valence-corrected chi connectivity index (χ0v) is 16.6. The van der Waals surface area contributed by atoms with E-state index in [4.69, 9.17) is 4.42 Å². The summed E-state index contributed by atoms with van der Waals surface area (Å²) < 4.78 is 46.6. The molecule has 156 valence electrons. The van der Waals surface area contributed by atoms with Crippen molar-refractivity contribution in [3.8, 4) is 11.1 Å². The fourth-order valence-corrected chi connectivity index (χ4v) is 3.00. The highest BCUT2D eigenvalue weighted by Gasteiger charge is 2.30. The first-order valence-corrected chi connectivity index (χ1v) is 9.24. The molecule has 0 aliphatic carbocycles. The van der Waals surface area contributed by atoms with Crippen LogP contribution in [0.4, 0.5) is 13.2 Å². The summed E-state index contributed by atoms with van der Waals surface area (Å²) in [5, 5.41) is 4.28. The third kappa shape index (κ3) is 3.74. The van der Waals surface area contributed by atoms with Gasteiger partial charge in [0.15, 0.2) is 5.65 Å². The topological polar surface area (TPSA) is 65.3 Å². The number of halogens is 3. The molecule has 0 saturated heterocycles. The summed E-state index contributed by atoms with van der Waals surface area (Å²) in [4.78, 5) is 17.0. The number of rotatable bonds is 3. The highest BCUT2D eigenvalue weighted by molar-refractivity contribution is 5.64. The van der Waals surface area contributed by atoms with Gasteiger partial charge in [-0.1, -0.05) is 32.9 Å². The van der Waals surface area contributed by atoms with E-state index in [1.54, 1.807) is 24.5 Å². The predicted octanol–water partition coefficient (Wildman–Crippen LogP) is 4.52. The van der Waals surface area contributed by atoms with E-state index in [0.717, 1.165) is 12.1 Å². The van der Waals surface area contributed by atoms with Crippen molar-refractivity contribution in [2.75, 3.05) is 0 Å². The Kier molecular flexibility index (Phi) is 4.56. The molecule has 0 amide bonds. The lowest BCUT2D eigenvalue weighted by Gasteiger charge is -2.12. The molecule has 0 radical (unpaired) electrons. The lowest BCUT2D eigenvalue weighted by Crippen LogP contribution is -2.21. The van der Waals surface area contributed by atoms with Crippen molar-refractivity contribution >= 4 is 5.65 Å². The molecule has 0 fully saturated rings. The second-order valence-corrected chi connectivity index (χ2v) is 8.03. The first kappa shape index (κ1) is 19.9. The standard InChI is InChI=1S/C21H19F3N4O2/c1-20(2,3)16-10-25-18(30-16)12-28-19(29)27-11-14(6-9-17(27)26-28)13-4-7-15(8-5-13)21(22,23)24/h4-11H,12H2,1-3H3. The number of nitrogens with zero attached hydrogens (tertiary/aromatic N) is 4. The summed E-state index contributed by atoms with van der Waals surface area (Å²) in [5.41, 5.74) is 0.257. The van der Waals surface area contributed by atoms with Crippen molar-refractivity contribution in [1.29, 1.82) is 0 Å². The molecule has 4 rings (SSSR count). The molecule has 3 aromatic heterocycles. The van der Waals surface area contributed by atoms with E-state index in [0.29, 0.717) is 28.4 Å². The van der Waals surface area contributed by atoms with Crippen LogP contribution in [0.1, 0.15) is 38.0 Å². The molecule has 6 nitrogen and oxygen atoms in total. The summed E-state index contributed by atoms with van der Waals surface area (Å²) in [6.07, 6.45) is -1.20. The lowest BCUT2D eigenvalue weighted by atomic mass is 9.94. The van der Waals surface area contributed by atoms with Gasteiger partial charge in [-0.15, -0.1) is 5.10 Å². The Hall–Kier alpha value is -3.36. The van der Waals surface area contributed by atoms with Crippen LogP contribution in [0, 0.1) is 0 Å². The van der Waals surface area contributed by atoms with Crippen LogP contribution in [0.15, 0.2) is 58.0 Å². The number of aromatic nitrogens is 4. The molecular formula is C21H19F3N4O2. The van der Waals surface area contributed by atoms with Crippen LogP contribution in [0.2, 0.25) is 0 Å². The number of oxazole rings is 1. The van der Waals surface area contributed by atoms with Crippen molar-refractivity contribution in [2.45, 2.75) is 38.9 Å². The van der Waals surface area contributed by atoms with Crippen LogP contribution in [0.5, 0.6) is 0 Å². The average molecular weight is 416 g/mol. The molecule has 0 aliphatic heterocycles. The summed E-state index contributed by atoms with van der Waals surface area (Å²) in [5.74, 6) is 1.08. The maximum Gasteiger partial charge on any atom is 0.416 e. The minimum atomic E-state index is -4.40. The molecule has 0 saturated carbocycles. The molecule has 0 bridgehead atoms. The van der Waals surface area contributed by atoms with Crippen molar-refractivity contribution in [3.05, 3.63) is 76.5 Å². The maximum absolute atomic E-state index is 12.8. The highest BCUT2D eigenvalue weighted by Crippen LogP contribution is 2.31. The molecule has 0 spiro atoms. The molecule has 9 heteroatoms. The first-order chi connectivity index (χ1) is 14.0. The molecule has 0 N–H and O–H groups in total. The number of fused-ring (bicyclic) bond motifs is 1. The van der Waals surface area contributed by atoms with Crippen LogP contribution < -0.4 is 5.69 Å². The Bertz CT molecular complexity index is 1260. The van der Waals surface area contributed by atoms with E-state index < -0.39 is 17.4 Å². The number of alkyl halides is 3. The van der Waals surface area contributed by atoms with Crippen LogP contribution in [0.25, 0.3) is 16.8 Å². The van der Waals surface area contributed by atoms with Gasteiger partial charge in [0.2, 0.25) is 5.89 Å². The Morgan fingerprint density at radius 3 is 2.27 bits per heavy atom. The monoisotopic (exact) mass is 416 g/mol. The van der Waals surface area contributed by atoms with Crippen molar-refractivity contribution < 1.29 is 17.6 Å². The van der Waals surface area contributed by atoms with Gasteiger partial charge in [-0.2, -0.15) is 13.2 Å². The lowest BCUT2D eigenvalue weighted by molar-refractivity contribution is -0.137. The molecule has 4 aromatic rings. The molecule has 3 heterocycles. The Balaban J connectivity index is 1.65. The summed E-state index contributed by atoms with van der Waals surface area (Å²) in [6, 6.07) is 8.13. The van der Waals surface area contributed by atoms with E-state index >= 15 is 0 Å². The molecule has 1 aromatic carbocycles. The molecule has 0 unspecified atom stereocenters. The van der Waals surface area contributed by atoms with E-state index in [-0.39, 0.29) is 12.0 Å².